The Bertz CT molecular complexity index is 755. The van der Waals surface area contributed by atoms with Gasteiger partial charge in [-0.15, -0.1) is 16.9 Å². The smallest absolute Gasteiger partial charge is 0.267 e. The van der Waals surface area contributed by atoms with Crippen molar-refractivity contribution < 1.29 is 0 Å². The van der Waals surface area contributed by atoms with Crippen LogP contribution in [0, 0.1) is 11.3 Å². The van der Waals surface area contributed by atoms with E-state index in [4.69, 9.17) is 0 Å². The number of aromatic amines is 1. The van der Waals surface area contributed by atoms with Crippen molar-refractivity contribution >= 4 is 23.5 Å². The Labute approximate surface area is 130 Å². The van der Waals surface area contributed by atoms with Crippen LogP contribution in [0.1, 0.15) is 31.4 Å². The first kappa shape index (κ1) is 14.3. The molecule has 3 rings (SSSR count). The van der Waals surface area contributed by atoms with Crippen molar-refractivity contribution in [2.75, 3.05) is 5.75 Å². The molecule has 0 unspecified atom stereocenters. The van der Waals surface area contributed by atoms with E-state index in [2.05, 4.69) is 23.2 Å². The molecule has 1 aromatic heterocycles. The van der Waals surface area contributed by atoms with Crippen LogP contribution in [-0.2, 0) is 0 Å². The number of nitrogens with zero attached hydrogens (tertiary/aromatic N) is 3. The Morgan fingerprint density at radius 3 is 2.90 bits per heavy atom. The lowest BCUT2D eigenvalue weighted by molar-refractivity contribution is 0.642. The molecule has 0 saturated heterocycles. The predicted octanol–water partition coefficient (Wildman–Crippen LogP) is 3.04. The molecule has 2 aromatic rings. The summed E-state index contributed by atoms with van der Waals surface area (Å²) in [4.78, 5) is 13.6. The van der Waals surface area contributed by atoms with Gasteiger partial charge in [0.2, 0.25) is 0 Å². The number of hydrogen-bond donors (Lipinski definition) is 1. The fourth-order valence-electron chi connectivity index (χ4n) is 2.10. The van der Waals surface area contributed by atoms with E-state index in [1.54, 1.807) is 16.3 Å². The van der Waals surface area contributed by atoms with Crippen LogP contribution >= 0.6 is 23.5 Å². The van der Waals surface area contributed by atoms with Gasteiger partial charge in [-0.25, -0.2) is 9.89 Å². The van der Waals surface area contributed by atoms with E-state index in [9.17, 15) is 10.1 Å². The number of thioether (sulfide) groups is 1. The third kappa shape index (κ3) is 2.87. The molecular weight excluding hydrogens is 304 g/mol. The molecule has 0 spiro atoms. The summed E-state index contributed by atoms with van der Waals surface area (Å²) in [5, 5.41) is 16.7. The van der Waals surface area contributed by atoms with Gasteiger partial charge in [0.05, 0.1) is 5.56 Å². The van der Waals surface area contributed by atoms with Crippen LogP contribution in [-0.4, -0.2) is 20.5 Å². The van der Waals surface area contributed by atoms with Crippen molar-refractivity contribution in [3.05, 3.63) is 34.2 Å². The van der Waals surface area contributed by atoms with Crippen molar-refractivity contribution in [3.63, 3.8) is 0 Å². The van der Waals surface area contributed by atoms with Gasteiger partial charge in [-0.2, -0.15) is 5.26 Å². The Morgan fingerprint density at radius 2 is 2.24 bits per heavy atom. The molecule has 1 aromatic carbocycles. The fraction of sp³-hybridized carbons (Fsp3) is 0.357. The first-order valence-corrected chi connectivity index (χ1v) is 8.55. The second-order valence-electron chi connectivity index (χ2n) is 4.69. The highest BCUT2D eigenvalue weighted by molar-refractivity contribution is 8.00. The van der Waals surface area contributed by atoms with E-state index in [0.717, 1.165) is 28.4 Å². The summed E-state index contributed by atoms with van der Waals surface area (Å²) in [6.45, 7) is 2.06. The van der Waals surface area contributed by atoms with Crippen LogP contribution in [0.4, 0.5) is 0 Å². The number of aromatic nitrogens is 3. The standard InChI is InChI=1S/C14H14N4OS2/c1-2-20-11-4-3-5-12(10(11)8-15)21-14-17-16-13(19)18(14)9-6-7-9/h3-5,9H,2,6-7H2,1H3,(H,16,19). The molecule has 5 nitrogen and oxygen atoms in total. The lowest BCUT2D eigenvalue weighted by Crippen LogP contribution is -2.16. The van der Waals surface area contributed by atoms with Gasteiger partial charge in [-0.3, -0.25) is 4.57 Å². The van der Waals surface area contributed by atoms with Crippen molar-refractivity contribution in [3.8, 4) is 6.07 Å². The molecule has 21 heavy (non-hydrogen) atoms. The van der Waals surface area contributed by atoms with Crippen LogP contribution in [0.15, 0.2) is 37.9 Å². The lowest BCUT2D eigenvalue weighted by atomic mass is 10.2. The van der Waals surface area contributed by atoms with Crippen molar-refractivity contribution in [1.82, 2.24) is 14.8 Å². The average Bonchev–Trinajstić information content (AvgIpc) is 3.24. The fourth-order valence-corrected chi connectivity index (χ4v) is 3.97. The zero-order chi connectivity index (χ0) is 14.8. The van der Waals surface area contributed by atoms with Crippen molar-refractivity contribution in [1.29, 1.82) is 5.26 Å². The van der Waals surface area contributed by atoms with Gasteiger partial charge in [0.15, 0.2) is 5.16 Å². The maximum absolute atomic E-state index is 11.8. The third-order valence-corrected chi connectivity index (χ3v) is 5.16. The third-order valence-electron chi connectivity index (χ3n) is 3.18. The van der Waals surface area contributed by atoms with Gasteiger partial charge in [0, 0.05) is 15.8 Å². The summed E-state index contributed by atoms with van der Waals surface area (Å²) in [5.41, 5.74) is 0.491. The molecular formula is C14H14N4OS2. The number of H-pyrrole nitrogens is 1. The van der Waals surface area contributed by atoms with Gasteiger partial charge in [0.25, 0.3) is 0 Å². The highest BCUT2D eigenvalue weighted by Gasteiger charge is 2.29. The van der Waals surface area contributed by atoms with Crippen molar-refractivity contribution in [2.24, 2.45) is 0 Å². The second-order valence-corrected chi connectivity index (χ2v) is 7.00. The summed E-state index contributed by atoms with van der Waals surface area (Å²) >= 11 is 3.03. The average molecular weight is 318 g/mol. The Hall–Kier alpha value is -1.65. The molecule has 0 aliphatic heterocycles. The van der Waals surface area contributed by atoms with Crippen LogP contribution in [0.2, 0.25) is 0 Å². The molecule has 0 amide bonds. The number of rotatable bonds is 5. The highest BCUT2D eigenvalue weighted by atomic mass is 32.2. The maximum Gasteiger partial charge on any atom is 0.344 e. The molecule has 108 valence electrons. The molecule has 1 aliphatic rings. The Kier molecular flexibility index (Phi) is 4.08. The minimum absolute atomic E-state index is 0.169. The van der Waals surface area contributed by atoms with Gasteiger partial charge in [-0.1, -0.05) is 13.0 Å². The lowest BCUT2D eigenvalue weighted by Gasteiger charge is -2.08. The van der Waals surface area contributed by atoms with E-state index in [1.807, 2.05) is 18.2 Å². The molecule has 7 heteroatoms. The predicted molar refractivity (Wildman–Crippen MR) is 82.8 cm³/mol. The van der Waals surface area contributed by atoms with E-state index in [1.165, 1.54) is 11.8 Å². The Balaban J connectivity index is 1.97. The topological polar surface area (TPSA) is 74.5 Å². The minimum atomic E-state index is -0.169. The van der Waals surface area contributed by atoms with E-state index >= 15 is 0 Å². The molecule has 0 bridgehead atoms. The van der Waals surface area contributed by atoms with E-state index < -0.39 is 0 Å². The van der Waals surface area contributed by atoms with Crippen LogP contribution in [0.5, 0.6) is 0 Å². The second kappa shape index (κ2) is 6.00. The molecule has 1 aliphatic carbocycles. The van der Waals surface area contributed by atoms with Gasteiger partial charge in [0.1, 0.15) is 6.07 Å². The summed E-state index contributed by atoms with van der Waals surface area (Å²) in [6.07, 6.45) is 2.04. The SMILES string of the molecule is CCSc1cccc(Sc2n[nH]c(=O)n2C2CC2)c1C#N. The molecule has 1 heterocycles. The summed E-state index contributed by atoms with van der Waals surface area (Å²) < 4.78 is 1.70. The normalized spacial score (nSPS) is 14.1. The zero-order valence-electron chi connectivity index (χ0n) is 11.5. The largest absolute Gasteiger partial charge is 0.344 e. The number of benzene rings is 1. The van der Waals surface area contributed by atoms with Crippen molar-refractivity contribution in [2.45, 2.75) is 40.8 Å². The molecule has 0 radical (unpaired) electrons. The highest BCUT2D eigenvalue weighted by Crippen LogP contribution is 2.39. The summed E-state index contributed by atoms with van der Waals surface area (Å²) in [6, 6.07) is 8.33. The van der Waals surface area contributed by atoms with E-state index in [-0.39, 0.29) is 11.7 Å². The first-order valence-electron chi connectivity index (χ1n) is 6.75. The summed E-state index contributed by atoms with van der Waals surface area (Å²) in [7, 11) is 0. The van der Waals surface area contributed by atoms with Crippen LogP contribution < -0.4 is 5.69 Å². The Morgan fingerprint density at radius 1 is 1.48 bits per heavy atom. The van der Waals surface area contributed by atoms with Crippen LogP contribution in [0.25, 0.3) is 0 Å². The van der Waals surface area contributed by atoms with E-state index in [0.29, 0.717) is 10.7 Å². The molecule has 0 atom stereocenters. The first-order chi connectivity index (χ1) is 10.2. The summed E-state index contributed by atoms with van der Waals surface area (Å²) in [5.74, 6) is 0.915. The number of hydrogen-bond acceptors (Lipinski definition) is 5. The zero-order valence-corrected chi connectivity index (χ0v) is 13.1. The molecule has 1 saturated carbocycles. The molecule has 1 N–H and O–H groups in total. The van der Waals surface area contributed by atoms with Gasteiger partial charge < -0.3 is 0 Å². The van der Waals surface area contributed by atoms with Gasteiger partial charge >= 0.3 is 5.69 Å². The minimum Gasteiger partial charge on any atom is -0.267 e. The maximum atomic E-state index is 11.8. The quantitative estimate of drug-likeness (QED) is 0.858. The number of nitrogens with one attached hydrogen (secondary N) is 1. The van der Waals surface area contributed by atoms with Gasteiger partial charge in [-0.05, 0) is 42.5 Å². The van der Waals surface area contributed by atoms with Crippen LogP contribution in [0.3, 0.4) is 0 Å². The molecule has 1 fully saturated rings. The monoisotopic (exact) mass is 318 g/mol. The number of nitriles is 1.